The van der Waals surface area contributed by atoms with Crippen molar-refractivity contribution in [2.24, 2.45) is 0 Å². The predicted octanol–water partition coefficient (Wildman–Crippen LogP) is 1.55. The SMILES string of the molecule is CCC(NC(=O)CNCCOC)c1cccs1. The smallest absolute Gasteiger partial charge is 0.234 e. The Balaban J connectivity index is 2.28. The van der Waals surface area contributed by atoms with Crippen LogP contribution in [0.25, 0.3) is 0 Å². The Hall–Kier alpha value is -0.910. The van der Waals surface area contributed by atoms with Crippen LogP contribution in [0.1, 0.15) is 24.3 Å². The normalized spacial score (nSPS) is 12.4. The van der Waals surface area contributed by atoms with Crippen molar-refractivity contribution in [3.8, 4) is 0 Å². The Kier molecular flexibility index (Phi) is 6.84. The van der Waals surface area contributed by atoms with Crippen LogP contribution in [-0.2, 0) is 9.53 Å². The largest absolute Gasteiger partial charge is 0.383 e. The summed E-state index contributed by atoms with van der Waals surface area (Å²) in [6.45, 7) is 3.73. The summed E-state index contributed by atoms with van der Waals surface area (Å²) in [5.41, 5.74) is 0. The molecule has 0 aliphatic carbocycles. The van der Waals surface area contributed by atoms with Crippen LogP contribution in [0.4, 0.5) is 0 Å². The minimum absolute atomic E-state index is 0.0290. The molecule has 0 radical (unpaired) electrons. The van der Waals surface area contributed by atoms with Crippen LogP contribution in [-0.4, -0.2) is 32.7 Å². The van der Waals surface area contributed by atoms with Gasteiger partial charge in [0, 0.05) is 18.5 Å². The van der Waals surface area contributed by atoms with Crippen molar-refractivity contribution in [3.05, 3.63) is 22.4 Å². The highest BCUT2D eigenvalue weighted by atomic mass is 32.1. The molecule has 0 spiro atoms. The molecule has 2 N–H and O–H groups in total. The predicted molar refractivity (Wildman–Crippen MR) is 70.2 cm³/mol. The summed E-state index contributed by atoms with van der Waals surface area (Å²) in [5, 5.41) is 8.07. The third-order valence-corrected chi connectivity index (χ3v) is 3.38. The van der Waals surface area contributed by atoms with Gasteiger partial charge in [0.25, 0.3) is 0 Å². The monoisotopic (exact) mass is 256 g/mol. The van der Waals surface area contributed by atoms with E-state index in [1.54, 1.807) is 18.4 Å². The molecule has 0 aliphatic heterocycles. The zero-order valence-electron chi connectivity index (χ0n) is 10.4. The third kappa shape index (κ3) is 5.30. The van der Waals surface area contributed by atoms with Crippen LogP contribution in [0, 0.1) is 0 Å². The second-order valence-corrected chi connectivity index (χ2v) is 4.69. The second kappa shape index (κ2) is 8.22. The van der Waals surface area contributed by atoms with Gasteiger partial charge in [-0.05, 0) is 17.9 Å². The fourth-order valence-corrected chi connectivity index (χ4v) is 2.35. The Morgan fingerprint density at radius 2 is 2.41 bits per heavy atom. The molecule has 1 amide bonds. The Labute approximate surface area is 106 Å². The molecule has 0 bridgehead atoms. The molecule has 1 aromatic rings. The Bertz CT molecular complexity index is 314. The maximum absolute atomic E-state index is 11.7. The van der Waals surface area contributed by atoms with Crippen molar-refractivity contribution < 1.29 is 9.53 Å². The quantitative estimate of drug-likeness (QED) is 0.694. The molecule has 1 atom stereocenters. The molecule has 96 valence electrons. The molecule has 1 aromatic heterocycles. The van der Waals surface area contributed by atoms with Crippen LogP contribution >= 0.6 is 11.3 Å². The standard InChI is InChI=1S/C12H20N2O2S/c1-3-10(11-5-4-8-17-11)14-12(15)9-13-6-7-16-2/h4-5,8,10,13H,3,6-7,9H2,1-2H3,(H,14,15). The molecule has 1 heterocycles. The lowest BCUT2D eigenvalue weighted by atomic mass is 10.2. The second-order valence-electron chi connectivity index (χ2n) is 3.71. The van der Waals surface area contributed by atoms with E-state index in [0.717, 1.165) is 6.42 Å². The summed E-state index contributed by atoms with van der Waals surface area (Å²) in [6.07, 6.45) is 0.907. The van der Waals surface area contributed by atoms with Gasteiger partial charge in [0.05, 0.1) is 19.2 Å². The number of hydrogen-bond donors (Lipinski definition) is 2. The Morgan fingerprint density at radius 1 is 1.59 bits per heavy atom. The summed E-state index contributed by atoms with van der Waals surface area (Å²) in [7, 11) is 1.64. The lowest BCUT2D eigenvalue weighted by molar-refractivity contribution is -0.121. The van der Waals surface area contributed by atoms with Gasteiger partial charge in [-0.25, -0.2) is 0 Å². The average Bonchev–Trinajstić information content (AvgIpc) is 2.85. The van der Waals surface area contributed by atoms with E-state index in [9.17, 15) is 4.79 Å². The van der Waals surface area contributed by atoms with Gasteiger partial charge in [-0.15, -0.1) is 11.3 Å². The number of methoxy groups -OCH3 is 1. The molecular weight excluding hydrogens is 236 g/mol. The zero-order valence-corrected chi connectivity index (χ0v) is 11.2. The number of hydrogen-bond acceptors (Lipinski definition) is 4. The highest BCUT2D eigenvalue weighted by Gasteiger charge is 2.12. The summed E-state index contributed by atoms with van der Waals surface area (Å²) in [4.78, 5) is 12.9. The molecule has 0 aromatic carbocycles. The van der Waals surface area contributed by atoms with Crippen molar-refractivity contribution in [3.63, 3.8) is 0 Å². The lowest BCUT2D eigenvalue weighted by Gasteiger charge is -2.15. The summed E-state index contributed by atoms with van der Waals surface area (Å²) >= 11 is 1.67. The van der Waals surface area contributed by atoms with E-state index in [1.807, 2.05) is 11.4 Å². The molecule has 1 unspecified atom stereocenters. The first-order chi connectivity index (χ1) is 8.27. The summed E-state index contributed by atoms with van der Waals surface area (Å²) in [5.74, 6) is 0.0290. The first-order valence-corrected chi connectivity index (χ1v) is 6.68. The molecule has 1 rings (SSSR count). The van der Waals surface area contributed by atoms with E-state index < -0.39 is 0 Å². The number of rotatable bonds is 8. The minimum atomic E-state index is 0.0290. The van der Waals surface area contributed by atoms with Gasteiger partial charge >= 0.3 is 0 Å². The number of amides is 1. The van der Waals surface area contributed by atoms with Crippen LogP contribution in [0.2, 0.25) is 0 Å². The van der Waals surface area contributed by atoms with Gasteiger partial charge in [0.15, 0.2) is 0 Å². The van der Waals surface area contributed by atoms with E-state index in [-0.39, 0.29) is 11.9 Å². The van der Waals surface area contributed by atoms with Crippen molar-refractivity contribution >= 4 is 17.2 Å². The van der Waals surface area contributed by atoms with Gasteiger partial charge in [-0.3, -0.25) is 4.79 Å². The third-order valence-electron chi connectivity index (χ3n) is 2.40. The highest BCUT2D eigenvalue weighted by molar-refractivity contribution is 7.10. The van der Waals surface area contributed by atoms with Gasteiger partial charge < -0.3 is 15.4 Å². The minimum Gasteiger partial charge on any atom is -0.383 e. The van der Waals surface area contributed by atoms with Gasteiger partial charge in [0.1, 0.15) is 0 Å². The zero-order chi connectivity index (χ0) is 12.5. The van der Waals surface area contributed by atoms with Crippen molar-refractivity contribution in [2.75, 3.05) is 26.8 Å². The fourth-order valence-electron chi connectivity index (χ4n) is 1.49. The lowest BCUT2D eigenvalue weighted by Crippen LogP contribution is -2.36. The molecule has 4 nitrogen and oxygen atoms in total. The van der Waals surface area contributed by atoms with E-state index in [0.29, 0.717) is 19.7 Å². The van der Waals surface area contributed by atoms with E-state index in [4.69, 9.17) is 4.74 Å². The first-order valence-electron chi connectivity index (χ1n) is 5.80. The number of nitrogens with one attached hydrogen (secondary N) is 2. The van der Waals surface area contributed by atoms with Gasteiger partial charge in [0.2, 0.25) is 5.91 Å². The van der Waals surface area contributed by atoms with Crippen molar-refractivity contribution in [1.82, 2.24) is 10.6 Å². The molecule has 0 saturated heterocycles. The topological polar surface area (TPSA) is 50.4 Å². The molecule has 5 heteroatoms. The van der Waals surface area contributed by atoms with Crippen LogP contribution in [0.3, 0.4) is 0 Å². The van der Waals surface area contributed by atoms with Gasteiger partial charge in [-0.1, -0.05) is 13.0 Å². The van der Waals surface area contributed by atoms with Crippen molar-refractivity contribution in [1.29, 1.82) is 0 Å². The molecule has 0 saturated carbocycles. The molecular formula is C12H20N2O2S. The van der Waals surface area contributed by atoms with Crippen LogP contribution in [0.5, 0.6) is 0 Å². The molecule has 17 heavy (non-hydrogen) atoms. The summed E-state index contributed by atoms with van der Waals surface area (Å²) in [6, 6.07) is 4.19. The summed E-state index contributed by atoms with van der Waals surface area (Å²) < 4.78 is 4.89. The van der Waals surface area contributed by atoms with Crippen LogP contribution in [0.15, 0.2) is 17.5 Å². The fraction of sp³-hybridized carbons (Fsp3) is 0.583. The van der Waals surface area contributed by atoms with E-state index in [2.05, 4.69) is 23.6 Å². The first kappa shape index (κ1) is 14.2. The van der Waals surface area contributed by atoms with Crippen molar-refractivity contribution in [2.45, 2.75) is 19.4 Å². The number of carbonyl (C=O) groups is 1. The number of thiophene rings is 1. The Morgan fingerprint density at radius 3 is 3.00 bits per heavy atom. The molecule has 0 fully saturated rings. The average molecular weight is 256 g/mol. The van der Waals surface area contributed by atoms with Gasteiger partial charge in [-0.2, -0.15) is 0 Å². The highest BCUT2D eigenvalue weighted by Crippen LogP contribution is 2.21. The number of ether oxygens (including phenoxy) is 1. The number of carbonyl (C=O) groups excluding carboxylic acids is 1. The van der Waals surface area contributed by atoms with E-state index >= 15 is 0 Å². The maximum atomic E-state index is 11.7. The van der Waals surface area contributed by atoms with E-state index in [1.165, 1.54) is 4.88 Å². The maximum Gasteiger partial charge on any atom is 0.234 e. The van der Waals surface area contributed by atoms with Crippen LogP contribution < -0.4 is 10.6 Å². The molecule has 0 aliphatic rings.